The number of anilines is 1. The average molecular weight is 263 g/mol. The monoisotopic (exact) mass is 263 g/mol. The molecule has 0 spiro atoms. The number of hydrogen-bond donors (Lipinski definition) is 1. The van der Waals surface area contributed by atoms with E-state index in [4.69, 9.17) is 0 Å². The van der Waals surface area contributed by atoms with Gasteiger partial charge >= 0.3 is 0 Å². The zero-order valence-corrected chi connectivity index (χ0v) is 12.2. The summed E-state index contributed by atoms with van der Waals surface area (Å²) in [4.78, 5) is 0. The van der Waals surface area contributed by atoms with Gasteiger partial charge in [-0.15, -0.1) is 0 Å². The molecule has 1 N–H and O–H groups in total. The van der Waals surface area contributed by atoms with Gasteiger partial charge in [-0.05, 0) is 49.6 Å². The zero-order valence-electron chi connectivity index (χ0n) is 12.2. The van der Waals surface area contributed by atoms with Gasteiger partial charge in [-0.2, -0.15) is 0 Å². The molecular weight excluding hydrogens is 242 g/mol. The third kappa shape index (κ3) is 3.86. The van der Waals surface area contributed by atoms with E-state index < -0.39 is 0 Å². The number of rotatable bonds is 5. The maximum Gasteiger partial charge on any atom is 0.0384 e. The minimum atomic E-state index is 0.918. The number of hydrogen-bond acceptors (Lipinski definition) is 1. The van der Waals surface area contributed by atoms with Crippen LogP contribution >= 0.6 is 0 Å². The summed E-state index contributed by atoms with van der Waals surface area (Å²) in [5, 5.41) is 3.35. The summed E-state index contributed by atoms with van der Waals surface area (Å²) >= 11 is 0. The number of allylic oxidation sites excluding steroid dienone is 1. The molecule has 1 nitrogen and oxygen atoms in total. The van der Waals surface area contributed by atoms with Gasteiger partial charge in [-0.3, -0.25) is 0 Å². The predicted octanol–water partition coefficient (Wildman–Crippen LogP) is 5.20. The molecule has 0 saturated carbocycles. The van der Waals surface area contributed by atoms with E-state index in [9.17, 15) is 0 Å². The van der Waals surface area contributed by atoms with Crippen LogP contribution in [0.3, 0.4) is 0 Å². The molecule has 0 aliphatic heterocycles. The van der Waals surface area contributed by atoms with Crippen LogP contribution in [0.4, 0.5) is 5.69 Å². The fourth-order valence-electron chi connectivity index (χ4n) is 2.13. The second kappa shape index (κ2) is 6.25. The first-order valence-corrected chi connectivity index (χ1v) is 6.81. The Bertz CT molecular complexity index is 620. The van der Waals surface area contributed by atoms with Crippen molar-refractivity contribution in [3.05, 3.63) is 84.0 Å². The lowest BCUT2D eigenvalue weighted by atomic mass is 10.1. The van der Waals surface area contributed by atoms with Crippen LogP contribution in [-0.2, 0) is 6.42 Å². The summed E-state index contributed by atoms with van der Waals surface area (Å²) in [5.41, 5.74) is 6.79. The van der Waals surface area contributed by atoms with Crippen molar-refractivity contribution >= 4 is 11.4 Å². The topological polar surface area (TPSA) is 12.0 Å². The molecule has 102 valence electrons. The molecule has 2 rings (SSSR count). The average Bonchev–Trinajstić information content (AvgIpc) is 2.40. The molecule has 0 amide bonds. The quantitative estimate of drug-likeness (QED) is 0.731. The van der Waals surface area contributed by atoms with Gasteiger partial charge in [0.1, 0.15) is 0 Å². The molecule has 0 heterocycles. The van der Waals surface area contributed by atoms with Crippen LogP contribution in [0.1, 0.15) is 23.6 Å². The van der Waals surface area contributed by atoms with Gasteiger partial charge in [0.15, 0.2) is 0 Å². The number of aryl methyl sites for hydroxylation is 1. The first-order chi connectivity index (χ1) is 9.54. The highest BCUT2D eigenvalue weighted by molar-refractivity contribution is 5.75. The van der Waals surface area contributed by atoms with Crippen LogP contribution in [-0.4, -0.2) is 0 Å². The maximum atomic E-state index is 4.11. The Morgan fingerprint density at radius 1 is 1.05 bits per heavy atom. The predicted molar refractivity (Wildman–Crippen MR) is 88.8 cm³/mol. The van der Waals surface area contributed by atoms with E-state index in [-0.39, 0.29) is 0 Å². The second-order valence-electron chi connectivity index (χ2n) is 5.30. The van der Waals surface area contributed by atoms with E-state index in [0.717, 1.165) is 23.4 Å². The minimum absolute atomic E-state index is 0.918. The summed E-state index contributed by atoms with van der Waals surface area (Å²) in [6.45, 7) is 12.2. The van der Waals surface area contributed by atoms with Crippen molar-refractivity contribution in [1.82, 2.24) is 0 Å². The normalized spacial score (nSPS) is 10.1. The summed E-state index contributed by atoms with van der Waals surface area (Å²) < 4.78 is 0. The summed E-state index contributed by atoms with van der Waals surface area (Å²) in [6.07, 6.45) is 0.930. The Balaban J connectivity index is 2.06. The molecule has 0 aliphatic rings. The van der Waals surface area contributed by atoms with Crippen molar-refractivity contribution in [2.24, 2.45) is 0 Å². The molecule has 0 radical (unpaired) electrons. The summed E-state index contributed by atoms with van der Waals surface area (Å²) in [5.74, 6) is 0. The molecule has 2 aromatic rings. The Kier molecular flexibility index (Phi) is 4.41. The lowest BCUT2D eigenvalue weighted by Gasteiger charge is -2.11. The van der Waals surface area contributed by atoms with E-state index in [0.29, 0.717) is 0 Å². The SMILES string of the molecule is C=C(C)Cc1ccc(NC(=C)c2cccc(C)c2)cc1. The van der Waals surface area contributed by atoms with Crippen LogP contribution in [0.2, 0.25) is 0 Å². The highest BCUT2D eigenvalue weighted by atomic mass is 14.9. The van der Waals surface area contributed by atoms with Crippen molar-refractivity contribution in [3.63, 3.8) is 0 Å². The molecule has 2 aromatic carbocycles. The van der Waals surface area contributed by atoms with E-state index in [1.165, 1.54) is 16.7 Å². The van der Waals surface area contributed by atoms with Crippen LogP contribution in [0.15, 0.2) is 67.3 Å². The molecule has 0 unspecified atom stereocenters. The van der Waals surface area contributed by atoms with E-state index in [2.05, 4.69) is 67.9 Å². The Hall–Kier alpha value is -2.28. The third-order valence-corrected chi connectivity index (χ3v) is 3.12. The van der Waals surface area contributed by atoms with Crippen LogP contribution < -0.4 is 5.32 Å². The Labute approximate surface area is 121 Å². The van der Waals surface area contributed by atoms with E-state index in [1.54, 1.807) is 0 Å². The van der Waals surface area contributed by atoms with Crippen molar-refractivity contribution in [1.29, 1.82) is 0 Å². The minimum Gasteiger partial charge on any atom is -0.356 e. The molecule has 0 bridgehead atoms. The molecule has 0 aliphatic carbocycles. The standard InChI is InChI=1S/C19H21N/c1-14(2)12-17-8-10-19(11-9-17)20-16(4)18-7-5-6-15(3)13-18/h5-11,13,20H,1,4,12H2,2-3H3. The Morgan fingerprint density at radius 3 is 2.35 bits per heavy atom. The largest absolute Gasteiger partial charge is 0.356 e. The Morgan fingerprint density at radius 2 is 1.75 bits per heavy atom. The first kappa shape index (κ1) is 14.1. The molecule has 1 heteroatoms. The van der Waals surface area contributed by atoms with Gasteiger partial charge in [0.05, 0.1) is 0 Å². The van der Waals surface area contributed by atoms with Gasteiger partial charge in [0.25, 0.3) is 0 Å². The highest BCUT2D eigenvalue weighted by Crippen LogP contribution is 2.19. The van der Waals surface area contributed by atoms with Gasteiger partial charge in [0, 0.05) is 11.4 Å². The van der Waals surface area contributed by atoms with Crippen molar-refractivity contribution < 1.29 is 0 Å². The number of benzene rings is 2. The van der Waals surface area contributed by atoms with Gasteiger partial charge in [-0.25, -0.2) is 0 Å². The molecule has 0 aromatic heterocycles. The van der Waals surface area contributed by atoms with E-state index in [1.807, 2.05) is 13.0 Å². The molecule has 20 heavy (non-hydrogen) atoms. The lowest BCUT2D eigenvalue weighted by Crippen LogP contribution is -1.98. The van der Waals surface area contributed by atoms with Gasteiger partial charge in [0.2, 0.25) is 0 Å². The zero-order chi connectivity index (χ0) is 14.5. The first-order valence-electron chi connectivity index (χ1n) is 6.81. The van der Waals surface area contributed by atoms with E-state index >= 15 is 0 Å². The van der Waals surface area contributed by atoms with Crippen molar-refractivity contribution in [3.8, 4) is 0 Å². The second-order valence-corrected chi connectivity index (χ2v) is 5.30. The number of nitrogens with one attached hydrogen (secondary N) is 1. The smallest absolute Gasteiger partial charge is 0.0384 e. The molecule has 0 atom stereocenters. The molecule has 0 saturated heterocycles. The van der Waals surface area contributed by atoms with Crippen LogP contribution in [0, 0.1) is 6.92 Å². The van der Waals surface area contributed by atoms with Gasteiger partial charge < -0.3 is 5.32 Å². The molecule has 0 fully saturated rings. The molecular formula is C19H21N. The summed E-state index contributed by atoms with van der Waals surface area (Å²) in [6, 6.07) is 16.7. The fourth-order valence-corrected chi connectivity index (χ4v) is 2.13. The van der Waals surface area contributed by atoms with Crippen molar-refractivity contribution in [2.45, 2.75) is 20.3 Å². The lowest BCUT2D eigenvalue weighted by molar-refractivity contribution is 1.15. The van der Waals surface area contributed by atoms with Crippen LogP contribution in [0.25, 0.3) is 5.70 Å². The van der Waals surface area contributed by atoms with Crippen LogP contribution in [0.5, 0.6) is 0 Å². The fraction of sp³-hybridized carbons (Fsp3) is 0.158. The van der Waals surface area contributed by atoms with Gasteiger partial charge in [-0.1, -0.05) is 54.6 Å². The van der Waals surface area contributed by atoms with Crippen molar-refractivity contribution in [2.75, 3.05) is 5.32 Å². The summed E-state index contributed by atoms with van der Waals surface area (Å²) in [7, 11) is 0. The highest BCUT2D eigenvalue weighted by Gasteiger charge is 2.00. The third-order valence-electron chi connectivity index (χ3n) is 3.12. The maximum absolute atomic E-state index is 4.11.